The van der Waals surface area contributed by atoms with Crippen molar-refractivity contribution in [2.45, 2.75) is 25.7 Å². The van der Waals surface area contributed by atoms with Crippen LogP contribution in [0.1, 0.15) is 36.0 Å². The molecule has 2 heteroatoms. The number of benzene rings is 7. The van der Waals surface area contributed by atoms with Gasteiger partial charge in [0.05, 0.1) is 5.69 Å². The molecule has 7 aromatic carbocycles. The van der Waals surface area contributed by atoms with Gasteiger partial charge in [0, 0.05) is 45.9 Å². The van der Waals surface area contributed by atoms with Crippen LogP contribution in [0.15, 0.2) is 180 Å². The smallest absolute Gasteiger partial charge is 0.142 e. The molecule has 0 atom stereocenters. The highest BCUT2D eigenvalue weighted by Crippen LogP contribution is 2.43. The van der Waals surface area contributed by atoms with E-state index in [1.54, 1.807) is 0 Å². The molecule has 1 heterocycles. The maximum absolute atomic E-state index is 6.46. The van der Waals surface area contributed by atoms with Crippen LogP contribution in [0.25, 0.3) is 66.6 Å². The van der Waals surface area contributed by atoms with E-state index in [1.165, 1.54) is 72.1 Å². The van der Waals surface area contributed by atoms with Gasteiger partial charge in [-0.05, 0) is 87.5 Å². The van der Waals surface area contributed by atoms with Crippen LogP contribution in [-0.4, -0.2) is 0 Å². The van der Waals surface area contributed by atoms with E-state index in [4.69, 9.17) is 4.42 Å². The molecule has 0 amide bonds. The Bertz CT molecular complexity index is 2860. The second-order valence-electron chi connectivity index (χ2n) is 14.1. The number of anilines is 2. The lowest BCUT2D eigenvalue weighted by atomic mass is 9.91. The maximum Gasteiger partial charge on any atom is 0.142 e. The first-order chi connectivity index (χ1) is 26.8. The lowest BCUT2D eigenvalue weighted by Crippen LogP contribution is -2.18. The van der Waals surface area contributed by atoms with Crippen molar-refractivity contribution in [3.8, 4) is 34.1 Å². The Morgan fingerprint density at radius 1 is 0.556 bits per heavy atom. The third-order valence-electron chi connectivity index (χ3n) is 10.9. The van der Waals surface area contributed by atoms with Crippen LogP contribution in [0.5, 0.6) is 0 Å². The molecule has 0 unspecified atom stereocenters. The number of nitrogens with zero attached hydrogens (tertiary/aromatic N) is 1. The summed E-state index contributed by atoms with van der Waals surface area (Å²) in [6.07, 6.45) is 12.4. The lowest BCUT2D eigenvalue weighted by Gasteiger charge is -2.32. The Labute approximate surface area is 316 Å². The number of para-hydroxylation sites is 2. The van der Waals surface area contributed by atoms with Crippen molar-refractivity contribution in [1.82, 2.24) is 0 Å². The lowest BCUT2D eigenvalue weighted by molar-refractivity contribution is 0.667. The van der Waals surface area contributed by atoms with Crippen molar-refractivity contribution in [2.75, 3.05) is 4.90 Å². The van der Waals surface area contributed by atoms with Crippen LogP contribution in [0.2, 0.25) is 0 Å². The molecule has 256 valence electrons. The first kappa shape index (κ1) is 31.9. The van der Waals surface area contributed by atoms with Crippen LogP contribution < -0.4 is 4.90 Å². The average molecular weight is 692 g/mol. The van der Waals surface area contributed by atoms with E-state index >= 15 is 0 Å². The van der Waals surface area contributed by atoms with Crippen LogP contribution in [0.3, 0.4) is 0 Å². The van der Waals surface area contributed by atoms with Crippen molar-refractivity contribution in [2.24, 2.45) is 0 Å². The second-order valence-corrected chi connectivity index (χ2v) is 14.1. The standard InChI is InChI=1S/C52H37NO/c1-2-7-16-45-40(14-4-1)26-27-42-15-10-20-49(51(42)45)53(43-32-28-39(29-33-43)38-24-22-37(23-25-38)36-12-5-3-6-13-36)44-34-30-41(31-35-44)46-18-11-19-48-47-17-8-9-21-50(47)54-52(46)48/h3-6,8-15,17-30,32-34H,1,16,31,35H2/b14-4-. The third kappa shape index (κ3) is 5.72. The number of hydrogen-bond donors (Lipinski definition) is 0. The van der Waals surface area contributed by atoms with Crippen molar-refractivity contribution < 1.29 is 4.42 Å². The SMILES string of the molecule is C1#CCc2c(ccc3cccc(N(C4=CC=C(c5cccc6c5oc5ccccc56)CC4)c4ccc(-c5ccc(-c6ccccc6)cc5)cc4)c23)/C=C\C1. The number of fused-ring (bicyclic) bond motifs is 6. The topological polar surface area (TPSA) is 16.4 Å². The zero-order chi connectivity index (χ0) is 35.8. The Balaban J connectivity index is 1.09. The number of furan rings is 1. The second kappa shape index (κ2) is 13.6. The molecule has 0 saturated heterocycles. The zero-order valence-electron chi connectivity index (χ0n) is 29.9. The minimum atomic E-state index is 0.727. The van der Waals surface area contributed by atoms with Gasteiger partial charge in [-0.2, -0.15) is 0 Å². The largest absolute Gasteiger partial charge is 0.455 e. The van der Waals surface area contributed by atoms with E-state index < -0.39 is 0 Å². The highest BCUT2D eigenvalue weighted by Gasteiger charge is 2.23. The van der Waals surface area contributed by atoms with E-state index in [1.807, 2.05) is 6.07 Å². The van der Waals surface area contributed by atoms with E-state index in [2.05, 4.69) is 187 Å². The van der Waals surface area contributed by atoms with Crippen molar-refractivity contribution >= 4 is 55.7 Å². The first-order valence-corrected chi connectivity index (χ1v) is 18.8. The van der Waals surface area contributed by atoms with Crippen LogP contribution in [-0.2, 0) is 6.42 Å². The van der Waals surface area contributed by atoms with Gasteiger partial charge in [0.25, 0.3) is 0 Å². The minimum Gasteiger partial charge on any atom is -0.455 e. The Morgan fingerprint density at radius 2 is 1.28 bits per heavy atom. The van der Waals surface area contributed by atoms with Gasteiger partial charge in [0.1, 0.15) is 11.2 Å². The number of allylic oxidation sites excluding steroid dienone is 5. The summed E-state index contributed by atoms with van der Waals surface area (Å²) in [5, 5.41) is 4.82. The van der Waals surface area contributed by atoms with Gasteiger partial charge in [0.2, 0.25) is 0 Å². The third-order valence-corrected chi connectivity index (χ3v) is 10.9. The highest BCUT2D eigenvalue weighted by molar-refractivity contribution is 6.08. The zero-order valence-corrected chi connectivity index (χ0v) is 29.9. The Morgan fingerprint density at radius 3 is 2.07 bits per heavy atom. The maximum atomic E-state index is 6.46. The van der Waals surface area contributed by atoms with Gasteiger partial charge in [-0.15, -0.1) is 0 Å². The van der Waals surface area contributed by atoms with E-state index in [9.17, 15) is 0 Å². The molecule has 0 radical (unpaired) electrons. The molecule has 0 fully saturated rings. The predicted octanol–water partition coefficient (Wildman–Crippen LogP) is 13.9. The summed E-state index contributed by atoms with van der Waals surface area (Å²) in [5.41, 5.74) is 15.3. The molecule has 0 aliphatic heterocycles. The molecule has 10 rings (SSSR count). The molecule has 54 heavy (non-hydrogen) atoms. The molecule has 0 saturated carbocycles. The summed E-state index contributed by atoms with van der Waals surface area (Å²) in [5.74, 6) is 6.79. The molecule has 1 aromatic heterocycles. The summed E-state index contributed by atoms with van der Waals surface area (Å²) >= 11 is 0. The van der Waals surface area contributed by atoms with Gasteiger partial charge in [0.15, 0.2) is 0 Å². The predicted molar refractivity (Wildman–Crippen MR) is 228 cm³/mol. The summed E-state index contributed by atoms with van der Waals surface area (Å²) in [7, 11) is 0. The molecule has 0 N–H and O–H groups in total. The summed E-state index contributed by atoms with van der Waals surface area (Å²) in [6.45, 7) is 0. The van der Waals surface area contributed by atoms with Crippen molar-refractivity contribution in [3.05, 3.63) is 192 Å². The molecular weight excluding hydrogens is 655 g/mol. The van der Waals surface area contributed by atoms with Gasteiger partial charge in [-0.3, -0.25) is 0 Å². The number of rotatable bonds is 6. The fourth-order valence-electron chi connectivity index (χ4n) is 8.24. The molecule has 0 bridgehead atoms. The van der Waals surface area contributed by atoms with Crippen LogP contribution >= 0.6 is 0 Å². The van der Waals surface area contributed by atoms with E-state index in [-0.39, 0.29) is 0 Å². The summed E-state index contributed by atoms with van der Waals surface area (Å²) in [6, 6.07) is 54.6. The highest BCUT2D eigenvalue weighted by atomic mass is 16.3. The van der Waals surface area contributed by atoms with Crippen molar-refractivity contribution in [1.29, 1.82) is 0 Å². The molecule has 2 nitrogen and oxygen atoms in total. The molecule has 0 spiro atoms. The fourth-order valence-corrected chi connectivity index (χ4v) is 8.24. The van der Waals surface area contributed by atoms with Crippen LogP contribution in [0.4, 0.5) is 11.4 Å². The fraction of sp³-hybridized carbons (Fsp3) is 0.0769. The summed E-state index contributed by atoms with van der Waals surface area (Å²) in [4.78, 5) is 2.48. The molecular formula is C52H37NO. The van der Waals surface area contributed by atoms with Gasteiger partial charge in [-0.25, -0.2) is 0 Å². The Hall–Kier alpha value is -6.82. The molecule has 8 aromatic rings. The van der Waals surface area contributed by atoms with E-state index in [0.717, 1.165) is 47.9 Å². The summed E-state index contributed by atoms with van der Waals surface area (Å²) < 4.78 is 6.46. The quantitative estimate of drug-likeness (QED) is 0.161. The van der Waals surface area contributed by atoms with Crippen molar-refractivity contribution in [3.63, 3.8) is 0 Å². The van der Waals surface area contributed by atoms with Gasteiger partial charge < -0.3 is 9.32 Å². The van der Waals surface area contributed by atoms with Gasteiger partial charge in [-0.1, -0.05) is 157 Å². The molecule has 2 aliphatic carbocycles. The normalized spacial score (nSPS) is 14.4. The number of hydrogen-bond acceptors (Lipinski definition) is 2. The Kier molecular flexibility index (Phi) is 8.04. The monoisotopic (exact) mass is 691 g/mol. The van der Waals surface area contributed by atoms with E-state index in [0.29, 0.717) is 0 Å². The minimum absolute atomic E-state index is 0.727. The first-order valence-electron chi connectivity index (χ1n) is 18.8. The van der Waals surface area contributed by atoms with Crippen LogP contribution in [0, 0.1) is 11.8 Å². The molecule has 2 aliphatic rings. The van der Waals surface area contributed by atoms with Gasteiger partial charge >= 0.3 is 0 Å². The average Bonchev–Trinajstić information content (AvgIpc) is 3.61.